The number of amides is 1. The van der Waals surface area contributed by atoms with Crippen LogP contribution >= 0.6 is 15.9 Å². The SMILES string of the molecule is CC(C)OC(=O)N1CCC(Nc2ccc([N+](=O)[O-])cc2Br)CC1. The number of nitro benzene ring substituents is 1. The third kappa shape index (κ3) is 4.82. The number of benzene rings is 1. The lowest BCUT2D eigenvalue weighted by Gasteiger charge is -2.32. The normalized spacial score (nSPS) is 15.6. The maximum atomic E-state index is 11.8. The van der Waals surface area contributed by atoms with E-state index in [4.69, 9.17) is 4.74 Å². The van der Waals surface area contributed by atoms with Gasteiger partial charge in [-0.3, -0.25) is 10.1 Å². The summed E-state index contributed by atoms with van der Waals surface area (Å²) in [6, 6.07) is 4.87. The predicted octanol–water partition coefficient (Wildman–Crippen LogP) is 3.78. The number of non-ortho nitro benzene ring substituents is 1. The van der Waals surface area contributed by atoms with Crippen molar-refractivity contribution in [3.05, 3.63) is 32.8 Å². The molecule has 23 heavy (non-hydrogen) atoms. The second-order valence-electron chi connectivity index (χ2n) is 5.76. The molecule has 1 aliphatic heterocycles. The number of anilines is 1. The van der Waals surface area contributed by atoms with Crippen molar-refractivity contribution in [1.82, 2.24) is 4.90 Å². The Balaban J connectivity index is 1.89. The third-order valence-electron chi connectivity index (χ3n) is 3.61. The molecular weight excluding hydrogens is 366 g/mol. The van der Waals surface area contributed by atoms with Crippen molar-refractivity contribution in [2.75, 3.05) is 18.4 Å². The van der Waals surface area contributed by atoms with Gasteiger partial charge in [-0.25, -0.2) is 4.79 Å². The van der Waals surface area contributed by atoms with Crippen molar-refractivity contribution in [3.8, 4) is 0 Å². The molecule has 8 heteroatoms. The van der Waals surface area contributed by atoms with Gasteiger partial charge in [-0.15, -0.1) is 0 Å². The number of nitrogens with one attached hydrogen (secondary N) is 1. The Morgan fingerprint density at radius 2 is 2.09 bits per heavy atom. The minimum Gasteiger partial charge on any atom is -0.447 e. The van der Waals surface area contributed by atoms with Crippen molar-refractivity contribution in [2.45, 2.75) is 38.8 Å². The first kappa shape index (κ1) is 17.5. The molecule has 1 amide bonds. The van der Waals surface area contributed by atoms with Crippen molar-refractivity contribution < 1.29 is 14.5 Å². The Kier molecular flexibility index (Phi) is 5.81. The average Bonchev–Trinajstić information content (AvgIpc) is 2.49. The molecule has 1 heterocycles. The van der Waals surface area contributed by atoms with Crippen LogP contribution in [0.3, 0.4) is 0 Å². The molecule has 1 aromatic carbocycles. The Labute approximate surface area is 143 Å². The first-order valence-corrected chi connectivity index (χ1v) is 8.32. The predicted molar refractivity (Wildman–Crippen MR) is 90.6 cm³/mol. The largest absolute Gasteiger partial charge is 0.447 e. The Bertz CT molecular complexity index is 586. The summed E-state index contributed by atoms with van der Waals surface area (Å²) < 4.78 is 5.85. The van der Waals surface area contributed by atoms with Crippen LogP contribution in [0.2, 0.25) is 0 Å². The second kappa shape index (κ2) is 7.63. The number of nitro groups is 1. The van der Waals surface area contributed by atoms with E-state index in [2.05, 4.69) is 21.2 Å². The van der Waals surface area contributed by atoms with Gasteiger partial charge in [-0.2, -0.15) is 0 Å². The van der Waals surface area contributed by atoms with Gasteiger partial charge in [0, 0.05) is 41.4 Å². The molecule has 0 unspecified atom stereocenters. The van der Waals surface area contributed by atoms with Crippen molar-refractivity contribution >= 4 is 33.4 Å². The number of piperidine rings is 1. The van der Waals surface area contributed by atoms with E-state index in [-0.39, 0.29) is 23.9 Å². The Hall–Kier alpha value is -1.83. The summed E-state index contributed by atoms with van der Waals surface area (Å²) in [5.74, 6) is 0. The van der Waals surface area contributed by atoms with Gasteiger partial charge < -0.3 is 15.0 Å². The fourth-order valence-electron chi connectivity index (χ4n) is 2.44. The highest BCUT2D eigenvalue weighted by atomic mass is 79.9. The van der Waals surface area contributed by atoms with Crippen LogP contribution in [0, 0.1) is 10.1 Å². The van der Waals surface area contributed by atoms with Gasteiger partial charge in [0.2, 0.25) is 0 Å². The van der Waals surface area contributed by atoms with Gasteiger partial charge in [0.05, 0.1) is 11.0 Å². The van der Waals surface area contributed by atoms with Crippen LogP contribution in [-0.4, -0.2) is 41.2 Å². The number of halogens is 1. The highest BCUT2D eigenvalue weighted by molar-refractivity contribution is 9.10. The standard InChI is InChI=1S/C15H20BrN3O4/c1-10(2)23-15(20)18-7-5-11(6-8-18)17-14-4-3-12(19(21)22)9-13(14)16/h3-4,9-11,17H,5-8H2,1-2H3. The zero-order valence-electron chi connectivity index (χ0n) is 13.1. The lowest BCUT2D eigenvalue weighted by Crippen LogP contribution is -2.43. The first-order valence-electron chi connectivity index (χ1n) is 7.53. The van der Waals surface area contributed by atoms with Gasteiger partial charge >= 0.3 is 6.09 Å². The molecule has 126 valence electrons. The number of ether oxygens (including phenoxy) is 1. The van der Waals surface area contributed by atoms with Crippen LogP contribution in [0.15, 0.2) is 22.7 Å². The van der Waals surface area contributed by atoms with Crippen molar-refractivity contribution in [1.29, 1.82) is 0 Å². The fraction of sp³-hybridized carbons (Fsp3) is 0.533. The lowest BCUT2D eigenvalue weighted by molar-refractivity contribution is -0.384. The van der Waals surface area contributed by atoms with Crippen LogP contribution in [-0.2, 0) is 4.74 Å². The van der Waals surface area contributed by atoms with Gasteiger partial charge in [0.1, 0.15) is 0 Å². The molecule has 0 bridgehead atoms. The fourth-order valence-corrected chi connectivity index (χ4v) is 2.92. The minimum absolute atomic E-state index is 0.0497. The summed E-state index contributed by atoms with van der Waals surface area (Å²) in [6.45, 7) is 4.93. The van der Waals surface area contributed by atoms with Crippen molar-refractivity contribution in [3.63, 3.8) is 0 Å². The van der Waals surface area contributed by atoms with E-state index in [0.717, 1.165) is 18.5 Å². The lowest BCUT2D eigenvalue weighted by atomic mass is 10.0. The average molecular weight is 386 g/mol. The number of carbonyl (C=O) groups is 1. The molecule has 1 N–H and O–H groups in total. The quantitative estimate of drug-likeness (QED) is 0.629. The summed E-state index contributed by atoms with van der Waals surface area (Å²) >= 11 is 3.35. The summed E-state index contributed by atoms with van der Waals surface area (Å²) in [6.07, 6.45) is 1.22. The monoisotopic (exact) mass is 385 g/mol. The number of hydrogen-bond donors (Lipinski definition) is 1. The first-order chi connectivity index (χ1) is 10.9. The summed E-state index contributed by atoms with van der Waals surface area (Å²) in [4.78, 5) is 23.9. The highest BCUT2D eigenvalue weighted by Crippen LogP contribution is 2.29. The van der Waals surface area contributed by atoms with Crippen LogP contribution in [0.25, 0.3) is 0 Å². The molecule has 0 saturated carbocycles. The van der Waals surface area contributed by atoms with E-state index in [1.165, 1.54) is 12.1 Å². The molecule has 0 aliphatic carbocycles. The van der Waals surface area contributed by atoms with E-state index >= 15 is 0 Å². The van der Waals surface area contributed by atoms with E-state index in [9.17, 15) is 14.9 Å². The topological polar surface area (TPSA) is 84.7 Å². The van der Waals surface area contributed by atoms with E-state index in [1.54, 1.807) is 11.0 Å². The van der Waals surface area contributed by atoms with Gasteiger partial charge in [0.25, 0.3) is 5.69 Å². The van der Waals surface area contributed by atoms with Gasteiger partial charge in [-0.1, -0.05) is 0 Å². The molecule has 1 fully saturated rings. The smallest absolute Gasteiger partial charge is 0.410 e. The molecule has 0 radical (unpaired) electrons. The molecule has 1 saturated heterocycles. The van der Waals surface area contributed by atoms with Crippen molar-refractivity contribution in [2.24, 2.45) is 0 Å². The minimum atomic E-state index is -0.423. The maximum Gasteiger partial charge on any atom is 0.410 e. The zero-order valence-corrected chi connectivity index (χ0v) is 14.7. The molecule has 1 aromatic rings. The number of hydrogen-bond acceptors (Lipinski definition) is 5. The third-order valence-corrected chi connectivity index (χ3v) is 4.27. The highest BCUT2D eigenvalue weighted by Gasteiger charge is 2.24. The number of rotatable bonds is 4. The van der Waals surface area contributed by atoms with E-state index in [0.29, 0.717) is 17.6 Å². The van der Waals surface area contributed by atoms with Crippen LogP contribution in [0.1, 0.15) is 26.7 Å². The van der Waals surface area contributed by atoms with E-state index < -0.39 is 4.92 Å². The summed E-state index contributed by atoms with van der Waals surface area (Å²) in [5.41, 5.74) is 0.868. The molecule has 0 atom stereocenters. The molecule has 1 aliphatic rings. The van der Waals surface area contributed by atoms with Crippen LogP contribution in [0.5, 0.6) is 0 Å². The molecule has 0 spiro atoms. The van der Waals surface area contributed by atoms with Gasteiger partial charge in [-0.05, 0) is 48.7 Å². The molecule has 0 aromatic heterocycles. The Morgan fingerprint density at radius 1 is 1.43 bits per heavy atom. The molecule has 7 nitrogen and oxygen atoms in total. The Morgan fingerprint density at radius 3 is 2.61 bits per heavy atom. The summed E-state index contributed by atoms with van der Waals surface area (Å²) in [5, 5.41) is 14.1. The second-order valence-corrected chi connectivity index (χ2v) is 6.61. The van der Waals surface area contributed by atoms with Gasteiger partial charge in [0.15, 0.2) is 0 Å². The number of carbonyl (C=O) groups excluding carboxylic acids is 1. The zero-order chi connectivity index (χ0) is 17.0. The van der Waals surface area contributed by atoms with E-state index in [1.807, 2.05) is 13.8 Å². The molecular formula is C15H20BrN3O4. The maximum absolute atomic E-state index is 11.8. The van der Waals surface area contributed by atoms with Crippen LogP contribution in [0.4, 0.5) is 16.2 Å². The number of likely N-dealkylation sites (tertiary alicyclic amines) is 1. The molecule has 2 rings (SSSR count). The van der Waals surface area contributed by atoms with Crippen LogP contribution < -0.4 is 5.32 Å². The summed E-state index contributed by atoms with van der Waals surface area (Å²) in [7, 11) is 0. The number of nitrogens with zero attached hydrogens (tertiary/aromatic N) is 2.